The van der Waals surface area contributed by atoms with Gasteiger partial charge < -0.3 is 4.74 Å². The summed E-state index contributed by atoms with van der Waals surface area (Å²) in [5, 5.41) is 1.95. The molecule has 0 bridgehead atoms. The fourth-order valence-corrected chi connectivity index (χ4v) is 1.64. The van der Waals surface area contributed by atoms with Crippen LogP contribution >= 0.6 is 0 Å². The van der Waals surface area contributed by atoms with Gasteiger partial charge in [-0.3, -0.25) is 4.98 Å². The van der Waals surface area contributed by atoms with Crippen molar-refractivity contribution in [3.8, 4) is 5.75 Å². The Hall–Kier alpha value is -2.09. The van der Waals surface area contributed by atoms with Crippen LogP contribution in [0.4, 0.5) is 0 Å². The number of pyridine rings is 1. The van der Waals surface area contributed by atoms with Crippen molar-refractivity contribution in [2.75, 3.05) is 0 Å². The maximum Gasteiger partial charge on any atom is 0.133 e. The lowest BCUT2D eigenvalue weighted by Gasteiger charge is -2.01. The molecular formula is C13H9NO. The molecule has 0 unspecified atom stereocenters. The Bertz CT molecular complexity index is 616. The van der Waals surface area contributed by atoms with Crippen LogP contribution < -0.4 is 15.3 Å². The van der Waals surface area contributed by atoms with E-state index in [1.807, 2.05) is 36.4 Å². The van der Waals surface area contributed by atoms with Gasteiger partial charge in [0.1, 0.15) is 17.4 Å². The summed E-state index contributed by atoms with van der Waals surface area (Å²) in [6.45, 7) is 0. The second-order valence-electron chi connectivity index (χ2n) is 3.40. The molecule has 2 heterocycles. The molecule has 1 aromatic carbocycles. The number of aromatic nitrogens is 1. The van der Waals surface area contributed by atoms with Gasteiger partial charge in [0, 0.05) is 17.0 Å². The molecule has 2 aromatic rings. The molecule has 2 heteroatoms. The van der Waals surface area contributed by atoms with E-state index < -0.39 is 0 Å². The number of rotatable bonds is 0. The summed E-state index contributed by atoms with van der Waals surface area (Å²) in [7, 11) is 0. The fourth-order valence-electron chi connectivity index (χ4n) is 1.64. The van der Waals surface area contributed by atoms with Crippen LogP contribution in [0.5, 0.6) is 5.75 Å². The number of para-hydroxylation sites is 1. The minimum Gasteiger partial charge on any atom is -0.462 e. The molecule has 1 aromatic heterocycles. The maximum absolute atomic E-state index is 5.56. The standard InChI is InChI=1S/C13H9NO/c1-2-6-13-11(4-1)8-10-5-3-7-14-12(10)9-15-13/h1-9H. The molecule has 0 atom stereocenters. The molecule has 0 saturated carbocycles. The van der Waals surface area contributed by atoms with Crippen LogP contribution in [0.15, 0.2) is 42.6 Å². The molecule has 1 aliphatic rings. The van der Waals surface area contributed by atoms with E-state index in [9.17, 15) is 0 Å². The third-order valence-corrected chi connectivity index (χ3v) is 2.40. The first-order valence-electron chi connectivity index (χ1n) is 4.82. The van der Waals surface area contributed by atoms with E-state index in [1.165, 1.54) is 0 Å². The average molecular weight is 195 g/mol. The molecule has 0 aliphatic carbocycles. The van der Waals surface area contributed by atoms with E-state index in [0.717, 1.165) is 21.9 Å². The number of hydrogen-bond donors (Lipinski definition) is 0. The van der Waals surface area contributed by atoms with Gasteiger partial charge >= 0.3 is 0 Å². The van der Waals surface area contributed by atoms with Crippen molar-refractivity contribution in [3.63, 3.8) is 0 Å². The zero-order chi connectivity index (χ0) is 10.1. The Morgan fingerprint density at radius 2 is 1.93 bits per heavy atom. The van der Waals surface area contributed by atoms with Gasteiger partial charge in [0.2, 0.25) is 0 Å². The molecule has 15 heavy (non-hydrogen) atoms. The first-order chi connectivity index (χ1) is 7.43. The lowest BCUT2D eigenvalue weighted by atomic mass is 10.1. The van der Waals surface area contributed by atoms with E-state index in [0.29, 0.717) is 0 Å². The first kappa shape index (κ1) is 8.24. The second kappa shape index (κ2) is 3.24. The van der Waals surface area contributed by atoms with Crippen LogP contribution in [-0.2, 0) is 0 Å². The SMILES string of the molecule is C1=c2cccnc2=COc2ccccc21. The number of nitrogens with zero attached hydrogens (tertiary/aromatic N) is 1. The van der Waals surface area contributed by atoms with Gasteiger partial charge in [-0.05, 0) is 18.2 Å². The Morgan fingerprint density at radius 3 is 2.93 bits per heavy atom. The van der Waals surface area contributed by atoms with Gasteiger partial charge in [-0.15, -0.1) is 0 Å². The summed E-state index contributed by atoms with van der Waals surface area (Å²) in [6, 6.07) is 11.9. The van der Waals surface area contributed by atoms with Crippen molar-refractivity contribution < 1.29 is 4.74 Å². The molecule has 0 saturated heterocycles. The Kier molecular flexibility index (Phi) is 1.78. The van der Waals surface area contributed by atoms with Gasteiger partial charge in [-0.1, -0.05) is 24.3 Å². The van der Waals surface area contributed by atoms with Gasteiger partial charge in [0.15, 0.2) is 0 Å². The molecule has 0 radical (unpaired) electrons. The summed E-state index contributed by atoms with van der Waals surface area (Å²) in [5.74, 6) is 0.871. The Morgan fingerprint density at radius 1 is 1.00 bits per heavy atom. The summed E-state index contributed by atoms with van der Waals surface area (Å²) in [5.41, 5.74) is 1.08. The summed E-state index contributed by atoms with van der Waals surface area (Å²) in [6.07, 6.45) is 5.54. The van der Waals surface area contributed by atoms with E-state index in [2.05, 4.69) is 11.1 Å². The molecule has 2 nitrogen and oxygen atoms in total. The fraction of sp³-hybridized carbons (Fsp3) is 0. The number of hydrogen-bond acceptors (Lipinski definition) is 2. The van der Waals surface area contributed by atoms with Crippen LogP contribution in [-0.4, -0.2) is 4.98 Å². The Balaban J connectivity index is 2.36. The molecule has 0 N–H and O–H groups in total. The monoisotopic (exact) mass is 195 g/mol. The molecular weight excluding hydrogens is 186 g/mol. The number of ether oxygens (including phenoxy) is 1. The lowest BCUT2D eigenvalue weighted by molar-refractivity contribution is 0.538. The van der Waals surface area contributed by atoms with E-state index in [1.54, 1.807) is 12.5 Å². The largest absolute Gasteiger partial charge is 0.462 e. The zero-order valence-electron chi connectivity index (χ0n) is 8.05. The van der Waals surface area contributed by atoms with Gasteiger partial charge in [0.05, 0.1) is 0 Å². The Labute approximate surface area is 87.2 Å². The van der Waals surface area contributed by atoms with Crippen molar-refractivity contribution >= 4 is 12.3 Å². The van der Waals surface area contributed by atoms with E-state index in [-0.39, 0.29) is 0 Å². The quantitative estimate of drug-likeness (QED) is 0.626. The topological polar surface area (TPSA) is 22.1 Å². The number of benzene rings is 1. The summed E-state index contributed by atoms with van der Waals surface area (Å²) >= 11 is 0. The molecule has 0 spiro atoms. The smallest absolute Gasteiger partial charge is 0.133 e. The highest BCUT2D eigenvalue weighted by Crippen LogP contribution is 2.19. The highest BCUT2D eigenvalue weighted by molar-refractivity contribution is 5.59. The van der Waals surface area contributed by atoms with Crippen LogP contribution in [0.2, 0.25) is 0 Å². The van der Waals surface area contributed by atoms with Crippen molar-refractivity contribution in [3.05, 3.63) is 58.7 Å². The lowest BCUT2D eigenvalue weighted by Crippen LogP contribution is -2.27. The predicted molar refractivity (Wildman–Crippen MR) is 58.6 cm³/mol. The molecule has 1 aliphatic heterocycles. The second-order valence-corrected chi connectivity index (χ2v) is 3.40. The van der Waals surface area contributed by atoms with E-state index >= 15 is 0 Å². The van der Waals surface area contributed by atoms with Crippen LogP contribution in [0.3, 0.4) is 0 Å². The molecule has 0 fully saturated rings. The number of fused-ring (bicyclic) bond motifs is 2. The molecule has 72 valence electrons. The van der Waals surface area contributed by atoms with Crippen molar-refractivity contribution in [2.45, 2.75) is 0 Å². The van der Waals surface area contributed by atoms with Crippen LogP contribution in [0.1, 0.15) is 5.56 Å². The normalized spacial score (nSPS) is 12.3. The van der Waals surface area contributed by atoms with Crippen molar-refractivity contribution in [1.29, 1.82) is 0 Å². The third-order valence-electron chi connectivity index (χ3n) is 2.40. The minimum absolute atomic E-state index is 0.869. The molecule has 0 amide bonds. The van der Waals surface area contributed by atoms with Crippen LogP contribution in [0, 0.1) is 0 Å². The average Bonchev–Trinajstić information content (AvgIpc) is 2.48. The van der Waals surface area contributed by atoms with Gasteiger partial charge in [-0.25, -0.2) is 0 Å². The predicted octanol–water partition coefficient (Wildman–Crippen LogP) is 1.04. The van der Waals surface area contributed by atoms with Crippen molar-refractivity contribution in [1.82, 2.24) is 4.98 Å². The van der Waals surface area contributed by atoms with Crippen LogP contribution in [0.25, 0.3) is 12.3 Å². The van der Waals surface area contributed by atoms with Gasteiger partial charge in [0.25, 0.3) is 0 Å². The van der Waals surface area contributed by atoms with E-state index in [4.69, 9.17) is 4.74 Å². The summed E-state index contributed by atoms with van der Waals surface area (Å²) < 4.78 is 5.56. The summed E-state index contributed by atoms with van der Waals surface area (Å²) in [4.78, 5) is 4.25. The minimum atomic E-state index is 0.869. The maximum atomic E-state index is 5.56. The first-order valence-corrected chi connectivity index (χ1v) is 4.82. The highest BCUT2D eigenvalue weighted by atomic mass is 16.5. The zero-order valence-corrected chi connectivity index (χ0v) is 8.05. The van der Waals surface area contributed by atoms with Crippen molar-refractivity contribution in [2.24, 2.45) is 0 Å². The van der Waals surface area contributed by atoms with Gasteiger partial charge in [-0.2, -0.15) is 0 Å². The highest BCUT2D eigenvalue weighted by Gasteiger charge is 2.02. The third kappa shape index (κ3) is 1.40. The molecule has 3 rings (SSSR count).